The zero-order chi connectivity index (χ0) is 42.4. The average molecular weight is 825 g/mol. The predicted molar refractivity (Wildman–Crippen MR) is 214 cm³/mol. The minimum atomic E-state index is -1.99. The third-order valence-electron chi connectivity index (χ3n) is 12.2. The summed E-state index contributed by atoms with van der Waals surface area (Å²) in [6.45, 7) is 19.2. The van der Waals surface area contributed by atoms with Gasteiger partial charge in [-0.3, -0.25) is 4.98 Å². The van der Waals surface area contributed by atoms with E-state index in [1.165, 1.54) is 18.3 Å². The highest BCUT2D eigenvalue weighted by molar-refractivity contribution is 6.30. The zero-order valence-electron chi connectivity index (χ0n) is 34.5. The number of hydrogen-bond donors (Lipinski definition) is 3. The van der Waals surface area contributed by atoms with Crippen LogP contribution in [-0.4, -0.2) is 94.0 Å². The van der Waals surface area contributed by atoms with Crippen molar-refractivity contribution in [1.29, 1.82) is 0 Å². The summed E-state index contributed by atoms with van der Waals surface area (Å²) in [7, 11) is 0. The Morgan fingerprint density at radius 1 is 1.07 bits per heavy atom. The molecule has 10 atom stereocenters. The molecule has 2 saturated heterocycles. The second-order valence-electron chi connectivity index (χ2n) is 18.1. The average Bonchev–Trinajstić information content (AvgIpc) is 3.58. The van der Waals surface area contributed by atoms with Gasteiger partial charge in [-0.05, 0) is 93.9 Å². The van der Waals surface area contributed by atoms with E-state index in [2.05, 4.69) is 30.7 Å². The van der Waals surface area contributed by atoms with Gasteiger partial charge < -0.3 is 44.0 Å². The molecule has 0 radical (unpaired) electrons. The number of esters is 2. The fourth-order valence-corrected chi connectivity index (χ4v) is 8.95. The molecular weight excluding hydrogens is 768 g/mol. The van der Waals surface area contributed by atoms with Crippen LogP contribution in [0.4, 0.5) is 4.79 Å². The lowest BCUT2D eigenvalue weighted by Gasteiger charge is -2.56. The monoisotopic (exact) mass is 824 g/mol. The highest BCUT2D eigenvalue weighted by Gasteiger charge is 2.63. The van der Waals surface area contributed by atoms with Crippen LogP contribution in [0.3, 0.4) is 0 Å². The smallest absolute Gasteiger partial charge is 0.408 e. The molecule has 6 rings (SSSR count). The summed E-state index contributed by atoms with van der Waals surface area (Å²) in [6, 6.07) is 10.1. The SMILES string of the molecule is C=C[C@H]1OC2[C@H](O1)C1=C(C)[C@@H](OC(=O)[C@H](O)[C@@H](NC(=O)OC(C)(C)C)c3ccc(Cl)cn3)C[C@@](O)([C@@H](OC(=O)c3ccccc3)CC3COC3CCC2(C)C)C1(C)C. The van der Waals surface area contributed by atoms with Crippen LogP contribution in [0.1, 0.15) is 103 Å². The van der Waals surface area contributed by atoms with E-state index in [1.807, 2.05) is 13.8 Å². The van der Waals surface area contributed by atoms with E-state index in [0.29, 0.717) is 41.2 Å². The third-order valence-corrected chi connectivity index (χ3v) is 12.5. The summed E-state index contributed by atoms with van der Waals surface area (Å²) in [5.74, 6) is -1.78. The standard InChI is InChI=1S/C44H57ClN2O11/c1-10-32-56-36-33-24(2)30(54-39(50)35(48)34(28-17-16-27(45)22-46-28)47-40(51)58-41(3,4)5)21-44(52,43(33,8)9)31(55-38(49)25-14-12-11-13-15-25)20-26-23-53-29(26)18-19-42(6,7)37(36)57-32/h10-17,22,26,29-32,34-37,48,52H,1,18-21,23H2,2-9H3,(H,47,51)/t26?,29?,30-,31-,32+,34-,35+,36+,37?,44+/m0/s1. The number of amides is 1. The summed E-state index contributed by atoms with van der Waals surface area (Å²) >= 11 is 6.10. The van der Waals surface area contributed by atoms with Gasteiger partial charge in [-0.2, -0.15) is 0 Å². The number of halogens is 1. The lowest BCUT2D eigenvalue weighted by atomic mass is 9.56. The van der Waals surface area contributed by atoms with Gasteiger partial charge in [0.15, 0.2) is 12.4 Å². The van der Waals surface area contributed by atoms with E-state index in [9.17, 15) is 24.6 Å². The van der Waals surface area contributed by atoms with Crippen LogP contribution in [-0.2, 0) is 33.2 Å². The van der Waals surface area contributed by atoms with Gasteiger partial charge in [0.05, 0.1) is 35.1 Å². The fraction of sp³-hybridized carbons (Fsp3) is 0.591. The number of alkyl carbamates (subject to hydrolysis) is 1. The van der Waals surface area contributed by atoms with Gasteiger partial charge in [0, 0.05) is 24.0 Å². The van der Waals surface area contributed by atoms with E-state index in [4.69, 9.17) is 40.0 Å². The Balaban J connectivity index is 1.44. The van der Waals surface area contributed by atoms with Gasteiger partial charge in [0.1, 0.15) is 35.6 Å². The van der Waals surface area contributed by atoms with Crippen molar-refractivity contribution in [3.63, 3.8) is 0 Å². The van der Waals surface area contributed by atoms with E-state index >= 15 is 0 Å². The van der Waals surface area contributed by atoms with Crippen LogP contribution in [0.2, 0.25) is 5.02 Å². The van der Waals surface area contributed by atoms with Gasteiger partial charge in [0.25, 0.3) is 0 Å². The summed E-state index contributed by atoms with van der Waals surface area (Å²) in [6.07, 6.45) is -3.02. The van der Waals surface area contributed by atoms with Crippen LogP contribution in [0, 0.1) is 16.7 Å². The van der Waals surface area contributed by atoms with Crippen molar-refractivity contribution in [2.75, 3.05) is 6.61 Å². The molecule has 4 aliphatic rings. The minimum absolute atomic E-state index is 0.0501. The molecule has 3 unspecified atom stereocenters. The summed E-state index contributed by atoms with van der Waals surface area (Å²) in [4.78, 5) is 45.4. The van der Waals surface area contributed by atoms with Crippen molar-refractivity contribution >= 4 is 29.6 Å². The van der Waals surface area contributed by atoms with Crippen molar-refractivity contribution in [3.8, 4) is 0 Å². The number of carbonyl (C=O) groups excluding carboxylic acids is 3. The lowest BCUT2D eigenvalue weighted by Crippen LogP contribution is -2.64. The molecule has 2 aliphatic carbocycles. The molecule has 14 heteroatoms. The second-order valence-corrected chi connectivity index (χ2v) is 18.6. The quantitative estimate of drug-likeness (QED) is 0.145. The summed E-state index contributed by atoms with van der Waals surface area (Å²) < 4.78 is 37.2. The van der Waals surface area contributed by atoms with E-state index in [1.54, 1.807) is 64.1 Å². The number of ether oxygens (including phenoxy) is 6. The van der Waals surface area contributed by atoms with Gasteiger partial charge in [-0.25, -0.2) is 14.4 Å². The van der Waals surface area contributed by atoms with Crippen molar-refractivity contribution < 1.29 is 53.0 Å². The van der Waals surface area contributed by atoms with E-state index in [-0.39, 0.29) is 30.6 Å². The number of aliphatic hydroxyl groups is 2. The first-order valence-electron chi connectivity index (χ1n) is 19.9. The molecule has 3 heterocycles. The maximum Gasteiger partial charge on any atom is 0.408 e. The van der Waals surface area contributed by atoms with Crippen molar-refractivity contribution in [2.24, 2.45) is 16.7 Å². The van der Waals surface area contributed by atoms with E-state index in [0.717, 1.165) is 0 Å². The third kappa shape index (κ3) is 8.85. The number of nitrogens with one attached hydrogen (secondary N) is 1. The number of rotatable bonds is 8. The number of nitrogens with zero attached hydrogens (tertiary/aromatic N) is 1. The molecule has 1 amide bonds. The fourth-order valence-electron chi connectivity index (χ4n) is 8.84. The van der Waals surface area contributed by atoms with Gasteiger partial charge in [-0.1, -0.05) is 64.1 Å². The molecule has 13 nitrogen and oxygen atoms in total. The first-order chi connectivity index (χ1) is 27.1. The number of benzene rings is 1. The highest BCUT2D eigenvalue weighted by atomic mass is 35.5. The number of fused-ring (bicyclic) bond motifs is 5. The molecule has 2 aromatic rings. The first kappa shape index (κ1) is 43.7. The molecule has 58 heavy (non-hydrogen) atoms. The van der Waals surface area contributed by atoms with Crippen molar-refractivity contribution in [1.82, 2.24) is 10.3 Å². The number of aliphatic hydroxyl groups excluding tert-OH is 1. The number of aromatic nitrogens is 1. The van der Waals surface area contributed by atoms with Crippen LogP contribution >= 0.6 is 11.6 Å². The Morgan fingerprint density at radius 3 is 2.38 bits per heavy atom. The van der Waals surface area contributed by atoms with Gasteiger partial charge >= 0.3 is 18.0 Å². The molecule has 0 spiro atoms. The molecule has 2 bridgehead atoms. The number of hydrogen-bond acceptors (Lipinski definition) is 12. The van der Waals surface area contributed by atoms with Gasteiger partial charge in [0.2, 0.25) is 0 Å². The Labute approximate surface area is 345 Å². The maximum absolute atomic E-state index is 14.3. The molecule has 3 fully saturated rings. The molecule has 2 aliphatic heterocycles. The first-order valence-corrected chi connectivity index (χ1v) is 20.3. The van der Waals surface area contributed by atoms with Crippen LogP contribution < -0.4 is 5.32 Å². The molecule has 1 aromatic heterocycles. The Hall–Kier alpha value is -3.85. The summed E-state index contributed by atoms with van der Waals surface area (Å²) in [5.41, 5.74) is -2.78. The Morgan fingerprint density at radius 2 is 1.78 bits per heavy atom. The number of pyridine rings is 1. The maximum atomic E-state index is 14.3. The van der Waals surface area contributed by atoms with Crippen LogP contribution in [0.5, 0.6) is 0 Å². The van der Waals surface area contributed by atoms with Gasteiger partial charge in [-0.15, -0.1) is 0 Å². The summed E-state index contributed by atoms with van der Waals surface area (Å²) in [5, 5.41) is 28.0. The van der Waals surface area contributed by atoms with Crippen molar-refractivity contribution in [3.05, 3.63) is 88.7 Å². The zero-order valence-corrected chi connectivity index (χ0v) is 35.3. The highest BCUT2D eigenvalue weighted by Crippen LogP contribution is 2.57. The lowest BCUT2D eigenvalue weighted by molar-refractivity contribution is -0.202. The molecule has 316 valence electrons. The topological polar surface area (TPSA) is 172 Å². The van der Waals surface area contributed by atoms with Crippen molar-refractivity contribution in [2.45, 2.75) is 141 Å². The van der Waals surface area contributed by atoms with E-state index < -0.39 is 82.9 Å². The van der Waals surface area contributed by atoms with Crippen LogP contribution in [0.15, 0.2) is 72.5 Å². The normalized spacial score (nSPS) is 31.4. The molecule has 1 saturated carbocycles. The number of carbonyl (C=O) groups is 3. The second kappa shape index (κ2) is 16.7. The Kier molecular flexibility index (Phi) is 12.6. The molecule has 3 N–H and O–H groups in total. The molecular formula is C44H57ClN2O11. The van der Waals surface area contributed by atoms with Crippen LogP contribution in [0.25, 0.3) is 0 Å². The molecule has 1 aromatic carbocycles. The Bertz CT molecular complexity index is 1880. The minimum Gasteiger partial charge on any atom is -0.456 e. The largest absolute Gasteiger partial charge is 0.456 e. The predicted octanol–water partition coefficient (Wildman–Crippen LogP) is 6.80.